The number of aliphatic hydroxyl groups is 1. The molecule has 0 radical (unpaired) electrons. The Hall–Kier alpha value is -6.64. The number of rotatable bonds is 29. The van der Waals surface area contributed by atoms with Crippen LogP contribution in [0.25, 0.3) is 0 Å². The van der Waals surface area contributed by atoms with E-state index in [1.54, 1.807) is 0 Å². The molecule has 0 aromatic heterocycles. The maximum absolute atomic E-state index is 13.1. The van der Waals surface area contributed by atoms with E-state index in [-0.39, 0.29) is 31.8 Å². The quantitative estimate of drug-likeness (QED) is 0.0189. The summed E-state index contributed by atoms with van der Waals surface area (Å²) in [7, 11) is 0. The highest BCUT2D eigenvalue weighted by Crippen LogP contribution is 2.06. The Morgan fingerprint density at radius 1 is 0.574 bits per heavy atom. The third-order valence-corrected chi connectivity index (χ3v) is 8.33. The van der Waals surface area contributed by atoms with Crippen LogP contribution in [0.3, 0.4) is 0 Å². The molecule has 7 atom stereocenters. The number of aliphatic imine (C=N–C) groups is 1. The number of nitrogens with one attached hydrogen (secondary N) is 8. The van der Waals surface area contributed by atoms with Gasteiger partial charge in [-0.2, -0.15) is 0 Å². The fraction of sp³-hybridized carbons (Fsp3) is 0.647. The first-order chi connectivity index (χ1) is 28.4. The summed E-state index contributed by atoms with van der Waals surface area (Å²) >= 11 is 0. The van der Waals surface area contributed by atoms with Crippen molar-refractivity contribution in [3.05, 3.63) is 0 Å². The highest BCUT2D eigenvalue weighted by Gasteiger charge is 2.32. The molecule has 0 bridgehead atoms. The first kappa shape index (κ1) is 54.4. The lowest BCUT2D eigenvalue weighted by Crippen LogP contribution is -2.58. The molecular formula is C34H59N13O14. The summed E-state index contributed by atoms with van der Waals surface area (Å²) in [5.74, 6) is -11.7. The van der Waals surface area contributed by atoms with E-state index >= 15 is 0 Å². The van der Waals surface area contributed by atoms with Gasteiger partial charge in [-0.3, -0.25) is 52.9 Å². The average Bonchev–Trinajstić information content (AvgIpc) is 3.17. The number of carboxylic acids is 2. The van der Waals surface area contributed by atoms with Gasteiger partial charge in [0.05, 0.1) is 25.7 Å². The van der Waals surface area contributed by atoms with Crippen molar-refractivity contribution in [3.8, 4) is 0 Å². The van der Waals surface area contributed by atoms with Crippen molar-refractivity contribution in [2.45, 2.75) is 109 Å². The topological polar surface area (TPSA) is 461 Å². The Bertz CT molecular complexity index is 1620. The first-order valence-corrected chi connectivity index (χ1v) is 18.9. The minimum atomic E-state index is -1.67. The number of carbonyl (C=O) groups excluding carboxylic acids is 9. The van der Waals surface area contributed by atoms with E-state index in [1.165, 1.54) is 27.7 Å². The van der Waals surface area contributed by atoms with Crippen molar-refractivity contribution < 1.29 is 68.1 Å². The summed E-state index contributed by atoms with van der Waals surface area (Å²) in [4.78, 5) is 140. The van der Waals surface area contributed by atoms with Gasteiger partial charge in [0.15, 0.2) is 5.96 Å². The van der Waals surface area contributed by atoms with Crippen molar-refractivity contribution in [1.29, 1.82) is 0 Å². The Morgan fingerprint density at radius 2 is 1.10 bits per heavy atom. The van der Waals surface area contributed by atoms with E-state index in [0.717, 1.165) is 0 Å². The molecule has 0 heterocycles. The zero-order chi connectivity index (χ0) is 47.0. The third-order valence-electron chi connectivity index (χ3n) is 8.33. The number of nitrogens with zero attached hydrogens (tertiary/aromatic N) is 1. The number of amides is 9. The second-order valence-electron chi connectivity index (χ2n) is 13.9. The molecule has 27 nitrogen and oxygen atoms in total. The van der Waals surface area contributed by atoms with E-state index in [2.05, 4.69) is 47.5 Å². The molecule has 0 spiro atoms. The standard InChI is InChI=1S/C34H59N13O14/c1-15(2)26(32(59)46-21(14-48)33(60)61)47-31(58)19(7-9-22(36)49)44-24(51)13-40-23(50)12-41-27(54)16(3)43-30(57)20(8-10-25(52)53)45-28(55)17(4)42-29(56)18(35)6-5-11-39-34(37)38/h15-21,26,48H,5-14,35H2,1-4H3,(H2,36,49)(H,40,50)(H,41,54)(H,42,56)(H,43,57)(H,44,51)(H,45,55)(H,46,59)(H,47,58)(H,52,53)(H,60,61)(H4,37,38,39)/t16-,17-,18-,19-,20-,21-,26-/m0/s1. The van der Waals surface area contributed by atoms with E-state index in [9.17, 15) is 57.8 Å². The van der Waals surface area contributed by atoms with E-state index in [4.69, 9.17) is 33.1 Å². The van der Waals surface area contributed by atoms with Gasteiger partial charge in [-0.05, 0) is 45.4 Å². The average molecular weight is 874 g/mol. The van der Waals surface area contributed by atoms with Gasteiger partial charge in [-0.15, -0.1) is 0 Å². The number of guanidine groups is 1. The molecule has 0 aromatic rings. The van der Waals surface area contributed by atoms with Gasteiger partial charge >= 0.3 is 11.9 Å². The molecule has 0 aromatic carbocycles. The zero-order valence-corrected chi connectivity index (χ0v) is 34.3. The zero-order valence-electron chi connectivity index (χ0n) is 34.3. The van der Waals surface area contributed by atoms with Crippen LogP contribution >= 0.6 is 0 Å². The summed E-state index contributed by atoms with van der Waals surface area (Å²) < 4.78 is 0. The molecule has 344 valence electrons. The van der Waals surface area contributed by atoms with E-state index in [0.29, 0.717) is 6.42 Å². The maximum atomic E-state index is 13.1. The number of carboxylic acid groups (broad SMARTS) is 2. The van der Waals surface area contributed by atoms with Crippen LogP contribution in [-0.2, 0) is 52.7 Å². The molecule has 0 fully saturated rings. The molecular weight excluding hydrogens is 814 g/mol. The number of carbonyl (C=O) groups is 11. The summed E-state index contributed by atoms with van der Waals surface area (Å²) in [6, 6.07) is -9.55. The number of aliphatic carboxylic acids is 2. The predicted octanol–water partition coefficient (Wildman–Crippen LogP) is -7.59. The predicted molar refractivity (Wildman–Crippen MR) is 212 cm³/mol. The second kappa shape index (κ2) is 27.9. The molecule has 19 N–H and O–H groups in total. The van der Waals surface area contributed by atoms with Gasteiger partial charge in [0, 0.05) is 19.4 Å². The van der Waals surface area contributed by atoms with Gasteiger partial charge in [-0.1, -0.05) is 13.8 Å². The van der Waals surface area contributed by atoms with Gasteiger partial charge < -0.3 is 80.8 Å². The largest absolute Gasteiger partial charge is 0.481 e. The first-order valence-electron chi connectivity index (χ1n) is 18.9. The van der Waals surface area contributed by atoms with Crippen LogP contribution in [0.15, 0.2) is 4.99 Å². The van der Waals surface area contributed by atoms with Gasteiger partial charge in [0.1, 0.15) is 36.3 Å². The minimum absolute atomic E-state index is 0.133. The molecule has 0 aliphatic carbocycles. The summed E-state index contributed by atoms with van der Waals surface area (Å²) in [6.07, 6.45) is -1.17. The Morgan fingerprint density at radius 3 is 1.64 bits per heavy atom. The monoisotopic (exact) mass is 873 g/mol. The van der Waals surface area contributed by atoms with Crippen LogP contribution in [0, 0.1) is 5.92 Å². The minimum Gasteiger partial charge on any atom is -0.481 e. The SMILES string of the molecule is CC(C)[C@H](NC(=O)[C@H](CCC(N)=O)NC(=O)CNC(=O)CNC(=O)[C@H](C)NC(=O)[C@H](CCC(=O)O)NC(=O)[C@H](C)NC(=O)[C@@H](N)CCCN=C(N)N)C(=O)N[C@@H](CO)C(=O)O. The molecule has 0 aliphatic heterocycles. The van der Waals surface area contributed by atoms with Crippen LogP contribution in [0.2, 0.25) is 0 Å². The molecule has 0 saturated heterocycles. The van der Waals surface area contributed by atoms with E-state index < -0.39 is 146 Å². The van der Waals surface area contributed by atoms with E-state index in [1.807, 2.05) is 0 Å². The molecule has 61 heavy (non-hydrogen) atoms. The van der Waals surface area contributed by atoms with Crippen LogP contribution in [0.4, 0.5) is 0 Å². The van der Waals surface area contributed by atoms with Gasteiger partial charge in [-0.25, -0.2) is 4.79 Å². The summed E-state index contributed by atoms with van der Waals surface area (Å²) in [5, 5.41) is 45.6. The van der Waals surface area contributed by atoms with Crippen LogP contribution in [-0.4, -0.2) is 155 Å². The molecule has 0 unspecified atom stereocenters. The fourth-order valence-electron chi connectivity index (χ4n) is 4.85. The lowest BCUT2D eigenvalue weighted by molar-refractivity contribution is -0.143. The summed E-state index contributed by atoms with van der Waals surface area (Å²) in [5.41, 5.74) is 21.5. The highest BCUT2D eigenvalue weighted by molar-refractivity contribution is 5.97. The normalized spacial score (nSPS) is 14.1. The number of aliphatic hydroxyl groups excluding tert-OH is 1. The highest BCUT2D eigenvalue weighted by atomic mass is 16.4. The van der Waals surface area contributed by atoms with Crippen LogP contribution in [0.5, 0.6) is 0 Å². The summed E-state index contributed by atoms with van der Waals surface area (Å²) in [6.45, 7) is 3.36. The Labute approximate surface area is 350 Å². The number of hydrogen-bond donors (Lipinski definition) is 15. The fourth-order valence-corrected chi connectivity index (χ4v) is 4.85. The van der Waals surface area contributed by atoms with Gasteiger partial charge in [0.25, 0.3) is 0 Å². The molecule has 9 amide bonds. The van der Waals surface area contributed by atoms with Crippen molar-refractivity contribution in [2.75, 3.05) is 26.2 Å². The van der Waals surface area contributed by atoms with Crippen molar-refractivity contribution in [3.63, 3.8) is 0 Å². The Balaban J connectivity index is 5.32. The van der Waals surface area contributed by atoms with Crippen molar-refractivity contribution in [1.82, 2.24) is 42.5 Å². The lowest BCUT2D eigenvalue weighted by atomic mass is 10.0. The second-order valence-corrected chi connectivity index (χ2v) is 13.9. The number of hydrogen-bond acceptors (Lipinski definition) is 14. The van der Waals surface area contributed by atoms with Gasteiger partial charge in [0.2, 0.25) is 53.2 Å². The maximum Gasteiger partial charge on any atom is 0.328 e. The van der Waals surface area contributed by atoms with Crippen molar-refractivity contribution in [2.24, 2.45) is 33.8 Å². The molecule has 0 saturated carbocycles. The van der Waals surface area contributed by atoms with Crippen molar-refractivity contribution >= 4 is 71.1 Å². The number of primary amides is 1. The Kier molecular flexibility index (Phi) is 24.9. The number of nitrogens with two attached hydrogens (primary N) is 4. The van der Waals surface area contributed by atoms with Crippen LogP contribution < -0.4 is 65.5 Å². The molecule has 0 aliphatic rings. The van der Waals surface area contributed by atoms with Crippen LogP contribution in [0.1, 0.15) is 66.2 Å². The third kappa shape index (κ3) is 22.9. The molecule has 0 rings (SSSR count). The smallest absolute Gasteiger partial charge is 0.328 e. The molecule has 27 heteroatoms. The lowest BCUT2D eigenvalue weighted by Gasteiger charge is -2.26.